The predicted octanol–water partition coefficient (Wildman–Crippen LogP) is 6.31. The molecular weight excluding hydrogens is 492 g/mol. The second-order valence-electron chi connectivity index (χ2n) is 6.97. The Morgan fingerprint density at radius 1 is 1.09 bits per heavy atom. The molecule has 0 unspecified atom stereocenters. The lowest BCUT2D eigenvalue weighted by atomic mass is 10.2. The van der Waals surface area contributed by atoms with Gasteiger partial charge in [-0.1, -0.05) is 45.7 Å². The van der Waals surface area contributed by atoms with Gasteiger partial charge in [0.15, 0.2) is 5.82 Å². The molecular formula is C24H20BrClN4O2. The van der Waals surface area contributed by atoms with Crippen molar-refractivity contribution in [1.82, 2.24) is 14.8 Å². The van der Waals surface area contributed by atoms with Gasteiger partial charge < -0.3 is 10.1 Å². The molecule has 3 aromatic carbocycles. The molecule has 0 saturated carbocycles. The summed E-state index contributed by atoms with van der Waals surface area (Å²) in [6.45, 7) is 4.36. The van der Waals surface area contributed by atoms with Gasteiger partial charge in [0.2, 0.25) is 5.82 Å². The Bertz CT molecular complexity index is 1250. The highest BCUT2D eigenvalue weighted by Crippen LogP contribution is 2.26. The molecule has 0 fully saturated rings. The normalized spacial score (nSPS) is 10.8. The van der Waals surface area contributed by atoms with Crippen molar-refractivity contribution in [3.63, 3.8) is 0 Å². The largest absolute Gasteiger partial charge is 0.494 e. The molecule has 8 heteroatoms. The highest BCUT2D eigenvalue weighted by molar-refractivity contribution is 9.10. The van der Waals surface area contributed by atoms with Crippen LogP contribution in [-0.4, -0.2) is 27.3 Å². The van der Waals surface area contributed by atoms with Crippen molar-refractivity contribution in [3.8, 4) is 22.8 Å². The predicted molar refractivity (Wildman–Crippen MR) is 130 cm³/mol. The first-order chi connectivity index (χ1) is 15.5. The molecule has 1 aromatic heterocycles. The van der Waals surface area contributed by atoms with Crippen LogP contribution in [0.5, 0.6) is 5.75 Å². The van der Waals surface area contributed by atoms with Crippen LogP contribution in [-0.2, 0) is 0 Å². The summed E-state index contributed by atoms with van der Waals surface area (Å²) < 4.78 is 8.13. The molecule has 0 aliphatic rings. The number of aromatic nitrogens is 3. The van der Waals surface area contributed by atoms with E-state index in [1.54, 1.807) is 22.9 Å². The van der Waals surface area contributed by atoms with E-state index in [-0.39, 0.29) is 5.82 Å². The second kappa shape index (κ2) is 9.54. The van der Waals surface area contributed by atoms with Gasteiger partial charge in [-0.05, 0) is 67.9 Å². The van der Waals surface area contributed by atoms with Crippen molar-refractivity contribution < 1.29 is 9.53 Å². The van der Waals surface area contributed by atoms with Crippen LogP contribution >= 0.6 is 27.5 Å². The fourth-order valence-corrected chi connectivity index (χ4v) is 3.58. The van der Waals surface area contributed by atoms with E-state index in [4.69, 9.17) is 16.3 Å². The van der Waals surface area contributed by atoms with Crippen molar-refractivity contribution in [2.75, 3.05) is 11.9 Å². The van der Waals surface area contributed by atoms with Crippen LogP contribution in [0.15, 0.2) is 71.2 Å². The van der Waals surface area contributed by atoms with Gasteiger partial charge in [-0.2, -0.15) is 0 Å². The number of carbonyl (C=O) groups is 1. The SMILES string of the molecule is CCOc1ccc(-n2nc(C(=O)Nc3cccc(Cl)c3C)nc2-c2ccc(Br)cc2)cc1. The Kier molecular flexibility index (Phi) is 6.58. The molecule has 0 spiro atoms. The van der Waals surface area contributed by atoms with Crippen LogP contribution in [0.2, 0.25) is 5.02 Å². The summed E-state index contributed by atoms with van der Waals surface area (Å²) in [7, 11) is 0. The van der Waals surface area contributed by atoms with Crippen LogP contribution in [0.1, 0.15) is 23.1 Å². The highest BCUT2D eigenvalue weighted by Gasteiger charge is 2.20. The van der Waals surface area contributed by atoms with Crippen molar-refractivity contribution in [3.05, 3.63) is 87.6 Å². The first-order valence-electron chi connectivity index (χ1n) is 9.99. The Hall–Kier alpha value is -3.16. The van der Waals surface area contributed by atoms with Gasteiger partial charge in [-0.15, -0.1) is 5.10 Å². The zero-order valence-electron chi connectivity index (χ0n) is 17.5. The Morgan fingerprint density at radius 2 is 1.81 bits per heavy atom. The number of hydrogen-bond acceptors (Lipinski definition) is 4. The van der Waals surface area contributed by atoms with E-state index >= 15 is 0 Å². The minimum Gasteiger partial charge on any atom is -0.494 e. The average Bonchev–Trinajstić information content (AvgIpc) is 3.24. The molecule has 4 aromatic rings. The number of anilines is 1. The smallest absolute Gasteiger partial charge is 0.295 e. The van der Waals surface area contributed by atoms with Crippen LogP contribution in [0.3, 0.4) is 0 Å². The van der Waals surface area contributed by atoms with Gasteiger partial charge in [0.1, 0.15) is 5.75 Å². The fourth-order valence-electron chi connectivity index (χ4n) is 3.15. The van der Waals surface area contributed by atoms with Gasteiger partial charge in [0.05, 0.1) is 12.3 Å². The molecule has 1 heterocycles. The summed E-state index contributed by atoms with van der Waals surface area (Å²) in [4.78, 5) is 17.5. The van der Waals surface area contributed by atoms with Crippen LogP contribution in [0, 0.1) is 6.92 Å². The second-order valence-corrected chi connectivity index (χ2v) is 8.29. The highest BCUT2D eigenvalue weighted by atomic mass is 79.9. The molecule has 0 atom stereocenters. The average molecular weight is 512 g/mol. The lowest BCUT2D eigenvalue weighted by Gasteiger charge is -2.08. The summed E-state index contributed by atoms with van der Waals surface area (Å²) >= 11 is 9.63. The minimum atomic E-state index is -0.418. The van der Waals surface area contributed by atoms with E-state index in [1.165, 1.54) is 0 Å². The van der Waals surface area contributed by atoms with Gasteiger partial charge in [-0.3, -0.25) is 4.79 Å². The molecule has 32 heavy (non-hydrogen) atoms. The molecule has 1 amide bonds. The quantitative estimate of drug-likeness (QED) is 0.329. The molecule has 4 rings (SSSR count). The maximum absolute atomic E-state index is 13.0. The summed E-state index contributed by atoms with van der Waals surface area (Å²) in [5, 5.41) is 7.94. The van der Waals surface area contributed by atoms with E-state index < -0.39 is 5.91 Å². The Morgan fingerprint density at radius 3 is 2.50 bits per heavy atom. The first kappa shape index (κ1) is 22.0. The number of rotatable bonds is 6. The topological polar surface area (TPSA) is 69.0 Å². The van der Waals surface area contributed by atoms with E-state index in [1.807, 2.05) is 62.4 Å². The van der Waals surface area contributed by atoms with E-state index in [2.05, 4.69) is 31.3 Å². The number of benzene rings is 3. The Balaban J connectivity index is 1.74. The zero-order chi connectivity index (χ0) is 22.7. The molecule has 1 N–H and O–H groups in total. The third-order valence-corrected chi connectivity index (χ3v) is 5.76. The maximum atomic E-state index is 13.0. The third kappa shape index (κ3) is 4.69. The maximum Gasteiger partial charge on any atom is 0.295 e. The zero-order valence-corrected chi connectivity index (χ0v) is 19.8. The van der Waals surface area contributed by atoms with Gasteiger partial charge >= 0.3 is 0 Å². The third-order valence-electron chi connectivity index (χ3n) is 4.82. The van der Waals surface area contributed by atoms with Crippen molar-refractivity contribution in [1.29, 1.82) is 0 Å². The number of carbonyl (C=O) groups excluding carboxylic acids is 1. The monoisotopic (exact) mass is 510 g/mol. The molecule has 6 nitrogen and oxygen atoms in total. The molecule has 0 bridgehead atoms. The summed E-state index contributed by atoms with van der Waals surface area (Å²) in [5.74, 6) is 0.945. The lowest BCUT2D eigenvalue weighted by Crippen LogP contribution is -2.15. The van der Waals surface area contributed by atoms with E-state index in [9.17, 15) is 4.79 Å². The Labute approximate surface area is 199 Å². The lowest BCUT2D eigenvalue weighted by molar-refractivity contribution is 0.101. The van der Waals surface area contributed by atoms with E-state index in [0.29, 0.717) is 23.1 Å². The van der Waals surface area contributed by atoms with Crippen molar-refractivity contribution in [2.45, 2.75) is 13.8 Å². The van der Waals surface area contributed by atoms with Crippen LogP contribution in [0.4, 0.5) is 5.69 Å². The molecule has 0 aliphatic carbocycles. The number of nitrogens with zero attached hydrogens (tertiary/aromatic N) is 3. The molecule has 162 valence electrons. The number of nitrogens with one attached hydrogen (secondary N) is 1. The summed E-state index contributed by atoms with van der Waals surface area (Å²) in [5.41, 5.74) is 2.98. The fraction of sp³-hybridized carbons (Fsp3) is 0.125. The molecule has 0 radical (unpaired) electrons. The first-order valence-corrected chi connectivity index (χ1v) is 11.2. The standard InChI is InChI=1S/C24H20BrClN4O2/c1-3-32-19-13-11-18(12-14-19)30-23(16-7-9-17(25)10-8-16)28-22(29-30)24(31)27-21-6-4-5-20(26)15(21)2/h4-14H,3H2,1-2H3,(H,27,31). The number of hydrogen-bond donors (Lipinski definition) is 1. The van der Waals surface area contributed by atoms with Gasteiger partial charge in [0.25, 0.3) is 5.91 Å². The van der Waals surface area contributed by atoms with Gasteiger partial charge in [0, 0.05) is 20.7 Å². The summed E-state index contributed by atoms with van der Waals surface area (Å²) in [6.07, 6.45) is 0. The minimum absolute atomic E-state index is 0.0520. The van der Waals surface area contributed by atoms with Crippen LogP contribution in [0.25, 0.3) is 17.1 Å². The summed E-state index contributed by atoms with van der Waals surface area (Å²) in [6, 6.07) is 20.5. The molecule has 0 aliphatic heterocycles. The number of ether oxygens (including phenoxy) is 1. The number of halogens is 2. The van der Waals surface area contributed by atoms with Crippen molar-refractivity contribution >= 4 is 39.1 Å². The van der Waals surface area contributed by atoms with Gasteiger partial charge in [-0.25, -0.2) is 9.67 Å². The van der Waals surface area contributed by atoms with Crippen molar-refractivity contribution in [2.24, 2.45) is 0 Å². The number of amides is 1. The molecule has 0 saturated heterocycles. The van der Waals surface area contributed by atoms with E-state index in [0.717, 1.165) is 27.0 Å². The van der Waals surface area contributed by atoms with Crippen LogP contribution < -0.4 is 10.1 Å².